The number of aliphatic hydroxyl groups excluding tert-OH is 1. The summed E-state index contributed by atoms with van der Waals surface area (Å²) in [5.74, 6) is 0.985. The molecule has 1 amide bonds. The van der Waals surface area contributed by atoms with Gasteiger partial charge in [-0.15, -0.1) is 11.8 Å². The van der Waals surface area contributed by atoms with E-state index in [2.05, 4.69) is 31.3 Å². The van der Waals surface area contributed by atoms with Crippen LogP contribution in [0.15, 0.2) is 29.2 Å². The monoisotopic (exact) mass is 307 g/mol. The second kappa shape index (κ2) is 7.32. The molecule has 0 bridgehead atoms. The van der Waals surface area contributed by atoms with Crippen molar-refractivity contribution in [2.45, 2.75) is 50.0 Å². The van der Waals surface area contributed by atoms with Crippen molar-refractivity contribution in [3.8, 4) is 0 Å². The zero-order valence-corrected chi connectivity index (χ0v) is 13.7. The topological polar surface area (TPSA) is 49.3 Å². The second-order valence-corrected chi connectivity index (χ2v) is 7.34. The molecule has 2 unspecified atom stereocenters. The Morgan fingerprint density at radius 1 is 1.43 bits per heavy atom. The van der Waals surface area contributed by atoms with Gasteiger partial charge in [-0.2, -0.15) is 0 Å². The summed E-state index contributed by atoms with van der Waals surface area (Å²) in [5, 5.41) is 12.8. The first kappa shape index (κ1) is 16.4. The predicted octanol–water partition coefficient (Wildman–Crippen LogP) is 3.14. The molecule has 1 aliphatic rings. The molecule has 0 saturated heterocycles. The Hall–Kier alpha value is -1.00. The van der Waals surface area contributed by atoms with E-state index in [1.165, 1.54) is 12.0 Å². The fourth-order valence-electron chi connectivity index (χ4n) is 3.07. The van der Waals surface area contributed by atoms with Gasteiger partial charge in [-0.05, 0) is 37.8 Å². The Kier molecular flexibility index (Phi) is 5.71. The Labute approximate surface area is 131 Å². The number of hydrogen-bond donors (Lipinski definition) is 2. The molecule has 116 valence electrons. The summed E-state index contributed by atoms with van der Waals surface area (Å²) >= 11 is 1.54. The van der Waals surface area contributed by atoms with Crippen LogP contribution in [0, 0.1) is 12.8 Å². The number of carbonyl (C=O) groups excluding carboxylic acids is 1. The zero-order valence-electron chi connectivity index (χ0n) is 12.9. The van der Waals surface area contributed by atoms with Crippen molar-refractivity contribution in [2.24, 2.45) is 5.92 Å². The molecule has 2 atom stereocenters. The smallest absolute Gasteiger partial charge is 0.230 e. The SMILES string of the molecule is Cc1ccc(SCC(=O)NC2(CO)CCCC(C)C2)cc1. The van der Waals surface area contributed by atoms with E-state index in [4.69, 9.17) is 0 Å². The minimum atomic E-state index is -0.400. The van der Waals surface area contributed by atoms with E-state index in [0.29, 0.717) is 11.7 Å². The van der Waals surface area contributed by atoms with Crippen LogP contribution >= 0.6 is 11.8 Å². The van der Waals surface area contributed by atoms with Crippen molar-refractivity contribution in [2.75, 3.05) is 12.4 Å². The van der Waals surface area contributed by atoms with Crippen molar-refractivity contribution in [3.05, 3.63) is 29.8 Å². The average Bonchev–Trinajstić information content (AvgIpc) is 2.46. The molecule has 0 radical (unpaired) electrons. The lowest BCUT2D eigenvalue weighted by molar-refractivity contribution is -0.121. The van der Waals surface area contributed by atoms with Gasteiger partial charge in [-0.3, -0.25) is 4.79 Å². The summed E-state index contributed by atoms with van der Waals surface area (Å²) in [5.41, 5.74) is 0.821. The standard InChI is InChI=1S/C17H25NO2S/c1-13-5-7-15(8-6-13)21-11-16(20)18-17(12-19)9-3-4-14(2)10-17/h5-8,14,19H,3-4,9-12H2,1-2H3,(H,18,20). The van der Waals surface area contributed by atoms with Gasteiger partial charge in [0, 0.05) is 4.90 Å². The van der Waals surface area contributed by atoms with Crippen LogP contribution in [0.3, 0.4) is 0 Å². The van der Waals surface area contributed by atoms with E-state index in [9.17, 15) is 9.90 Å². The van der Waals surface area contributed by atoms with Crippen LogP contribution < -0.4 is 5.32 Å². The van der Waals surface area contributed by atoms with Crippen LogP contribution in [0.5, 0.6) is 0 Å². The summed E-state index contributed by atoms with van der Waals surface area (Å²) in [6, 6.07) is 8.19. The lowest BCUT2D eigenvalue weighted by Gasteiger charge is -2.39. The van der Waals surface area contributed by atoms with Crippen molar-refractivity contribution in [1.29, 1.82) is 0 Å². The summed E-state index contributed by atoms with van der Waals surface area (Å²) in [4.78, 5) is 13.3. The fraction of sp³-hybridized carbons (Fsp3) is 0.588. The molecule has 2 rings (SSSR count). The van der Waals surface area contributed by atoms with Crippen LogP contribution in [0.4, 0.5) is 0 Å². The van der Waals surface area contributed by atoms with Gasteiger partial charge < -0.3 is 10.4 Å². The van der Waals surface area contributed by atoms with Crippen molar-refractivity contribution < 1.29 is 9.90 Å². The molecule has 1 aromatic carbocycles. The molecule has 1 aliphatic carbocycles. The Morgan fingerprint density at radius 3 is 2.76 bits per heavy atom. The highest BCUT2D eigenvalue weighted by atomic mass is 32.2. The second-order valence-electron chi connectivity index (χ2n) is 6.29. The number of carbonyl (C=O) groups is 1. The number of amides is 1. The van der Waals surface area contributed by atoms with E-state index in [1.807, 2.05) is 12.1 Å². The number of aliphatic hydroxyl groups is 1. The fourth-order valence-corrected chi connectivity index (χ4v) is 3.77. The molecule has 3 nitrogen and oxygen atoms in total. The maximum atomic E-state index is 12.2. The molecule has 0 spiro atoms. The number of aryl methyl sites for hydroxylation is 1. The third kappa shape index (κ3) is 4.75. The van der Waals surface area contributed by atoms with Gasteiger partial charge >= 0.3 is 0 Å². The van der Waals surface area contributed by atoms with Crippen LogP contribution in [-0.4, -0.2) is 28.9 Å². The molecule has 1 saturated carbocycles. The first-order valence-corrected chi connectivity index (χ1v) is 8.63. The van der Waals surface area contributed by atoms with E-state index in [0.717, 1.165) is 24.2 Å². The van der Waals surface area contributed by atoms with Gasteiger partial charge in [0.15, 0.2) is 0 Å². The minimum absolute atomic E-state index is 0.0173. The molecular formula is C17H25NO2S. The molecule has 0 aliphatic heterocycles. The molecule has 1 aromatic rings. The third-order valence-electron chi connectivity index (χ3n) is 4.19. The highest BCUT2D eigenvalue weighted by Gasteiger charge is 2.35. The Bertz CT molecular complexity index is 474. The van der Waals surface area contributed by atoms with Crippen LogP contribution in [-0.2, 0) is 4.79 Å². The number of benzene rings is 1. The predicted molar refractivity (Wildman–Crippen MR) is 87.5 cm³/mol. The van der Waals surface area contributed by atoms with Gasteiger partial charge in [0.1, 0.15) is 0 Å². The summed E-state index contributed by atoms with van der Waals surface area (Å²) < 4.78 is 0. The van der Waals surface area contributed by atoms with Crippen LogP contribution in [0.25, 0.3) is 0 Å². The first-order chi connectivity index (χ1) is 10.0. The number of rotatable bonds is 5. The number of nitrogens with one attached hydrogen (secondary N) is 1. The summed E-state index contributed by atoms with van der Waals surface area (Å²) in [6.45, 7) is 4.28. The van der Waals surface area contributed by atoms with Gasteiger partial charge in [0.2, 0.25) is 5.91 Å². The lowest BCUT2D eigenvalue weighted by atomic mass is 9.77. The molecule has 2 N–H and O–H groups in total. The molecule has 1 fully saturated rings. The normalized spacial score (nSPS) is 25.6. The molecule has 21 heavy (non-hydrogen) atoms. The maximum absolute atomic E-state index is 12.2. The van der Waals surface area contributed by atoms with E-state index in [-0.39, 0.29) is 12.5 Å². The first-order valence-electron chi connectivity index (χ1n) is 7.64. The van der Waals surface area contributed by atoms with Gasteiger partial charge in [-0.1, -0.05) is 37.5 Å². The van der Waals surface area contributed by atoms with Crippen molar-refractivity contribution in [1.82, 2.24) is 5.32 Å². The van der Waals surface area contributed by atoms with Crippen LogP contribution in [0.2, 0.25) is 0 Å². The van der Waals surface area contributed by atoms with Gasteiger partial charge in [0.25, 0.3) is 0 Å². The maximum Gasteiger partial charge on any atom is 0.230 e. The number of hydrogen-bond acceptors (Lipinski definition) is 3. The molecule has 0 aromatic heterocycles. The highest BCUT2D eigenvalue weighted by Crippen LogP contribution is 2.32. The summed E-state index contributed by atoms with van der Waals surface area (Å²) in [6.07, 6.45) is 4.03. The molecule has 0 heterocycles. The number of thioether (sulfide) groups is 1. The zero-order chi connectivity index (χ0) is 15.3. The lowest BCUT2D eigenvalue weighted by Crippen LogP contribution is -2.54. The average molecular weight is 307 g/mol. The molecular weight excluding hydrogens is 282 g/mol. The van der Waals surface area contributed by atoms with E-state index < -0.39 is 5.54 Å². The Balaban J connectivity index is 1.86. The van der Waals surface area contributed by atoms with Crippen molar-refractivity contribution >= 4 is 17.7 Å². The van der Waals surface area contributed by atoms with E-state index in [1.54, 1.807) is 11.8 Å². The van der Waals surface area contributed by atoms with E-state index >= 15 is 0 Å². The quantitative estimate of drug-likeness (QED) is 0.822. The van der Waals surface area contributed by atoms with Gasteiger partial charge in [-0.25, -0.2) is 0 Å². The minimum Gasteiger partial charge on any atom is -0.394 e. The Morgan fingerprint density at radius 2 is 2.14 bits per heavy atom. The van der Waals surface area contributed by atoms with Crippen LogP contribution in [0.1, 0.15) is 38.2 Å². The largest absolute Gasteiger partial charge is 0.394 e. The molecule has 4 heteroatoms. The summed E-state index contributed by atoms with van der Waals surface area (Å²) in [7, 11) is 0. The third-order valence-corrected chi connectivity index (χ3v) is 5.20. The van der Waals surface area contributed by atoms with Gasteiger partial charge in [0.05, 0.1) is 17.9 Å². The van der Waals surface area contributed by atoms with Crippen molar-refractivity contribution in [3.63, 3.8) is 0 Å². The highest BCUT2D eigenvalue weighted by molar-refractivity contribution is 8.00.